The molecule has 1 N–H and O–H groups in total. The molecule has 0 fully saturated rings. The van der Waals surface area contributed by atoms with E-state index < -0.39 is 0 Å². The predicted octanol–water partition coefficient (Wildman–Crippen LogP) is 3.62. The van der Waals surface area contributed by atoms with Crippen molar-refractivity contribution in [3.8, 4) is 11.3 Å². The summed E-state index contributed by atoms with van der Waals surface area (Å²) >= 11 is 0. The van der Waals surface area contributed by atoms with E-state index in [1.54, 1.807) is 43.5 Å². The van der Waals surface area contributed by atoms with Crippen LogP contribution in [0.2, 0.25) is 0 Å². The fraction of sp³-hybridized carbons (Fsp3) is 0.217. The number of rotatable bonds is 6. The molecule has 0 spiro atoms. The number of nitrogens with one attached hydrogen (secondary N) is 1. The van der Waals surface area contributed by atoms with Crippen LogP contribution in [-0.4, -0.2) is 28.8 Å². The molecule has 0 unspecified atom stereocenters. The molecule has 29 heavy (non-hydrogen) atoms. The molecule has 3 aromatic rings. The molecule has 0 saturated heterocycles. The van der Waals surface area contributed by atoms with Crippen molar-refractivity contribution in [2.24, 2.45) is 0 Å². The standard InChI is InChI=1S/C23H24N4O2/c1-4-18-12-19(8-10-22(18)27(3)16(2)28)21-9-7-20(15-25-21)23(29)26-14-17-6-5-11-24-13-17/h5-13,15H,4,14H2,1-3H3,(H,26,29). The van der Waals surface area contributed by atoms with Crippen LogP contribution >= 0.6 is 0 Å². The summed E-state index contributed by atoms with van der Waals surface area (Å²) in [6, 6.07) is 13.3. The second-order valence-corrected chi connectivity index (χ2v) is 6.75. The van der Waals surface area contributed by atoms with E-state index in [0.29, 0.717) is 12.1 Å². The number of carbonyl (C=O) groups excluding carboxylic acids is 2. The molecule has 0 aliphatic carbocycles. The number of hydrogen-bond acceptors (Lipinski definition) is 4. The third-order valence-corrected chi connectivity index (χ3v) is 4.79. The summed E-state index contributed by atoms with van der Waals surface area (Å²) in [7, 11) is 1.77. The average Bonchev–Trinajstić information content (AvgIpc) is 2.77. The van der Waals surface area contributed by atoms with Gasteiger partial charge >= 0.3 is 0 Å². The summed E-state index contributed by atoms with van der Waals surface area (Å²) < 4.78 is 0. The Hall–Kier alpha value is -3.54. The molecule has 0 aliphatic rings. The highest BCUT2D eigenvalue weighted by Crippen LogP contribution is 2.27. The van der Waals surface area contributed by atoms with Crippen LogP contribution in [0.3, 0.4) is 0 Å². The molecule has 0 bridgehead atoms. The van der Waals surface area contributed by atoms with Gasteiger partial charge in [0, 0.05) is 50.4 Å². The van der Waals surface area contributed by atoms with Gasteiger partial charge in [-0.25, -0.2) is 0 Å². The second-order valence-electron chi connectivity index (χ2n) is 6.75. The van der Waals surface area contributed by atoms with Crippen molar-refractivity contribution in [1.82, 2.24) is 15.3 Å². The highest BCUT2D eigenvalue weighted by molar-refractivity contribution is 5.94. The predicted molar refractivity (Wildman–Crippen MR) is 114 cm³/mol. The van der Waals surface area contributed by atoms with Gasteiger partial charge in [0.05, 0.1) is 11.3 Å². The van der Waals surface area contributed by atoms with E-state index >= 15 is 0 Å². The summed E-state index contributed by atoms with van der Waals surface area (Å²) in [6.07, 6.45) is 5.80. The number of carbonyl (C=O) groups is 2. The zero-order chi connectivity index (χ0) is 20.8. The number of aromatic nitrogens is 2. The van der Waals surface area contributed by atoms with Gasteiger partial charge in [-0.1, -0.05) is 19.1 Å². The molecule has 0 radical (unpaired) electrons. The maximum absolute atomic E-state index is 12.3. The second kappa shape index (κ2) is 9.10. The number of pyridine rings is 2. The third-order valence-electron chi connectivity index (χ3n) is 4.79. The topological polar surface area (TPSA) is 75.2 Å². The lowest BCUT2D eigenvalue weighted by Gasteiger charge is -2.19. The maximum Gasteiger partial charge on any atom is 0.253 e. The van der Waals surface area contributed by atoms with E-state index in [-0.39, 0.29) is 11.8 Å². The lowest BCUT2D eigenvalue weighted by atomic mass is 10.0. The molecule has 0 atom stereocenters. The highest BCUT2D eigenvalue weighted by Gasteiger charge is 2.12. The fourth-order valence-electron chi connectivity index (χ4n) is 3.01. The van der Waals surface area contributed by atoms with Crippen molar-refractivity contribution in [1.29, 1.82) is 0 Å². The van der Waals surface area contributed by atoms with Gasteiger partial charge in [0.1, 0.15) is 0 Å². The zero-order valence-electron chi connectivity index (χ0n) is 16.8. The number of nitrogens with zero attached hydrogens (tertiary/aromatic N) is 3. The van der Waals surface area contributed by atoms with Crippen LogP contribution in [0.25, 0.3) is 11.3 Å². The van der Waals surface area contributed by atoms with E-state index in [0.717, 1.165) is 34.5 Å². The molecular weight excluding hydrogens is 364 g/mol. The number of anilines is 1. The van der Waals surface area contributed by atoms with Gasteiger partial charge < -0.3 is 10.2 Å². The molecule has 2 heterocycles. The minimum Gasteiger partial charge on any atom is -0.348 e. The summed E-state index contributed by atoms with van der Waals surface area (Å²) in [5, 5.41) is 2.87. The molecule has 148 valence electrons. The first-order valence-electron chi connectivity index (χ1n) is 9.50. The first-order valence-corrected chi connectivity index (χ1v) is 9.50. The number of benzene rings is 1. The Morgan fingerprint density at radius 3 is 2.55 bits per heavy atom. The molecule has 1 aromatic carbocycles. The van der Waals surface area contributed by atoms with E-state index in [2.05, 4.69) is 22.2 Å². The largest absolute Gasteiger partial charge is 0.348 e. The van der Waals surface area contributed by atoms with Crippen LogP contribution in [0, 0.1) is 0 Å². The van der Waals surface area contributed by atoms with Crippen molar-refractivity contribution in [2.45, 2.75) is 26.8 Å². The summed E-state index contributed by atoms with van der Waals surface area (Å²) in [4.78, 5) is 34.2. The maximum atomic E-state index is 12.3. The number of amides is 2. The third kappa shape index (κ3) is 4.85. The van der Waals surface area contributed by atoms with Crippen molar-refractivity contribution >= 4 is 17.5 Å². The molecule has 2 amide bonds. The molecule has 0 saturated carbocycles. The Morgan fingerprint density at radius 2 is 1.93 bits per heavy atom. The molecule has 6 heteroatoms. The SMILES string of the molecule is CCc1cc(-c2ccc(C(=O)NCc3cccnc3)cn2)ccc1N(C)C(C)=O. The smallest absolute Gasteiger partial charge is 0.253 e. The molecular formula is C23H24N4O2. The van der Waals surface area contributed by atoms with Crippen LogP contribution < -0.4 is 10.2 Å². The van der Waals surface area contributed by atoms with Crippen molar-refractivity contribution in [3.05, 3.63) is 77.7 Å². The van der Waals surface area contributed by atoms with Crippen molar-refractivity contribution < 1.29 is 9.59 Å². The van der Waals surface area contributed by atoms with Gasteiger partial charge in [-0.15, -0.1) is 0 Å². The van der Waals surface area contributed by atoms with E-state index in [1.165, 1.54) is 0 Å². The quantitative estimate of drug-likeness (QED) is 0.700. The molecule has 0 aliphatic heterocycles. The van der Waals surface area contributed by atoms with Crippen LogP contribution in [-0.2, 0) is 17.8 Å². The Bertz CT molecular complexity index is 1000. The number of aryl methyl sites for hydroxylation is 1. The summed E-state index contributed by atoms with van der Waals surface area (Å²) in [5.41, 5.74) is 5.13. The zero-order valence-corrected chi connectivity index (χ0v) is 16.8. The van der Waals surface area contributed by atoms with Gasteiger partial charge in [0.2, 0.25) is 5.91 Å². The Balaban J connectivity index is 1.74. The highest BCUT2D eigenvalue weighted by atomic mass is 16.2. The van der Waals surface area contributed by atoms with Crippen molar-refractivity contribution in [3.63, 3.8) is 0 Å². The average molecular weight is 388 g/mol. The van der Waals surface area contributed by atoms with Crippen molar-refractivity contribution in [2.75, 3.05) is 11.9 Å². The van der Waals surface area contributed by atoms with Gasteiger partial charge in [0.15, 0.2) is 0 Å². The first-order chi connectivity index (χ1) is 14.0. The molecule has 2 aromatic heterocycles. The number of hydrogen-bond donors (Lipinski definition) is 1. The fourth-order valence-corrected chi connectivity index (χ4v) is 3.01. The lowest BCUT2D eigenvalue weighted by Crippen LogP contribution is -2.24. The monoisotopic (exact) mass is 388 g/mol. The van der Waals surface area contributed by atoms with Crippen LogP contribution in [0.5, 0.6) is 0 Å². The Labute approximate surface area is 170 Å². The van der Waals surface area contributed by atoms with Gasteiger partial charge in [0.25, 0.3) is 5.91 Å². The van der Waals surface area contributed by atoms with E-state index in [4.69, 9.17) is 0 Å². The van der Waals surface area contributed by atoms with Gasteiger partial charge in [-0.3, -0.25) is 19.6 Å². The van der Waals surface area contributed by atoms with E-state index in [9.17, 15) is 9.59 Å². The van der Waals surface area contributed by atoms with Crippen LogP contribution in [0.4, 0.5) is 5.69 Å². The summed E-state index contributed by atoms with van der Waals surface area (Å²) in [6.45, 7) is 4.02. The van der Waals surface area contributed by atoms with Gasteiger partial charge in [-0.2, -0.15) is 0 Å². The van der Waals surface area contributed by atoms with Gasteiger partial charge in [-0.05, 0) is 47.9 Å². The minimum absolute atomic E-state index is 0.00720. The summed E-state index contributed by atoms with van der Waals surface area (Å²) in [5.74, 6) is -0.187. The van der Waals surface area contributed by atoms with Crippen LogP contribution in [0.15, 0.2) is 61.1 Å². The Morgan fingerprint density at radius 1 is 1.10 bits per heavy atom. The normalized spacial score (nSPS) is 10.4. The Kier molecular flexibility index (Phi) is 6.34. The van der Waals surface area contributed by atoms with Crippen LogP contribution in [0.1, 0.15) is 35.3 Å². The molecule has 6 nitrogen and oxygen atoms in total. The lowest BCUT2D eigenvalue weighted by molar-refractivity contribution is -0.116. The first kappa shape index (κ1) is 20.2. The molecule has 3 rings (SSSR count). The minimum atomic E-state index is -0.180. The van der Waals surface area contributed by atoms with E-state index in [1.807, 2.05) is 36.4 Å².